The maximum Gasteiger partial charge on any atom is 0.0895 e. The van der Waals surface area contributed by atoms with E-state index in [4.69, 9.17) is 10.2 Å². The van der Waals surface area contributed by atoms with Crippen LogP contribution in [0, 0.1) is 0 Å². The van der Waals surface area contributed by atoms with E-state index in [9.17, 15) is 0 Å². The van der Waals surface area contributed by atoms with Crippen molar-refractivity contribution in [3.05, 3.63) is 0 Å². The largest absolute Gasteiger partial charge is 0.390 e. The fourth-order valence-electron chi connectivity index (χ4n) is 0.206. The first-order valence-electron chi connectivity index (χ1n) is 2.20. The molecule has 0 aromatic heterocycles. The van der Waals surface area contributed by atoms with Crippen molar-refractivity contribution >= 4 is 45.2 Å². The van der Waals surface area contributed by atoms with Gasteiger partial charge >= 0.3 is 0 Å². The second-order valence-corrected chi connectivity index (χ2v) is 3.20. The third-order valence-corrected chi connectivity index (χ3v) is 2.57. The van der Waals surface area contributed by atoms with Gasteiger partial charge in [-0.1, -0.05) is 45.2 Å². The lowest BCUT2D eigenvalue weighted by molar-refractivity contribution is 0.0536. The fraction of sp³-hybridized carbons (Fsp3) is 1.00. The number of aliphatic hydroxyl groups excluding tert-OH is 2. The van der Waals surface area contributed by atoms with Crippen LogP contribution in [0.4, 0.5) is 0 Å². The minimum absolute atomic E-state index is 0.549. The van der Waals surface area contributed by atoms with Crippen molar-refractivity contribution in [2.75, 3.05) is 8.86 Å². The van der Waals surface area contributed by atoms with Crippen LogP contribution in [0.5, 0.6) is 0 Å². The summed E-state index contributed by atoms with van der Waals surface area (Å²) in [6, 6.07) is 0. The number of aliphatic hydroxyl groups is 2. The van der Waals surface area contributed by atoms with Gasteiger partial charge in [0.1, 0.15) is 0 Å². The van der Waals surface area contributed by atoms with Gasteiger partial charge in [-0.3, -0.25) is 0 Å². The molecule has 0 saturated carbocycles. The van der Waals surface area contributed by atoms with E-state index in [2.05, 4.69) is 0 Å². The molecule has 8 heavy (non-hydrogen) atoms. The maximum absolute atomic E-state index is 8.86. The number of alkyl halides is 2. The third-order valence-electron chi connectivity index (χ3n) is 0.760. The lowest BCUT2D eigenvalue weighted by Gasteiger charge is -2.10. The summed E-state index contributed by atoms with van der Waals surface area (Å²) in [5, 5.41) is 17.7. The zero-order valence-electron chi connectivity index (χ0n) is 4.22. The molecule has 2 unspecified atom stereocenters. The summed E-state index contributed by atoms with van der Waals surface area (Å²) in [7, 11) is 0. The summed E-state index contributed by atoms with van der Waals surface area (Å²) < 4.78 is 1.20. The summed E-state index contributed by atoms with van der Waals surface area (Å²) in [5.41, 5.74) is 0. The highest BCUT2D eigenvalue weighted by Gasteiger charge is 2.11. The average Bonchev–Trinajstić information content (AvgIpc) is 1.84. The van der Waals surface area contributed by atoms with E-state index in [1.165, 1.54) is 0 Å². The Kier molecular flexibility index (Phi) is 6.08. The van der Waals surface area contributed by atoms with Crippen molar-refractivity contribution in [2.45, 2.75) is 12.2 Å². The molecule has 0 amide bonds. The van der Waals surface area contributed by atoms with Crippen LogP contribution in [0.1, 0.15) is 0 Å². The highest BCUT2D eigenvalue weighted by atomic mass is 127. The fourth-order valence-corrected chi connectivity index (χ4v) is 1.38. The van der Waals surface area contributed by atoms with Gasteiger partial charge in [0.05, 0.1) is 12.2 Å². The highest BCUT2D eigenvalue weighted by molar-refractivity contribution is 14.1. The molecular formula is C4H8I2O2. The van der Waals surface area contributed by atoms with Crippen LogP contribution in [-0.4, -0.2) is 31.3 Å². The van der Waals surface area contributed by atoms with Crippen molar-refractivity contribution in [3.63, 3.8) is 0 Å². The molecule has 0 aromatic rings. The standard InChI is InChI=1S/C4H8I2O2/c5-1-3(7)4(8)2-6/h3-4,7-8H,1-2H2. The monoisotopic (exact) mass is 342 g/mol. The number of rotatable bonds is 3. The molecule has 0 spiro atoms. The number of hydrogen-bond acceptors (Lipinski definition) is 2. The molecule has 0 aliphatic heterocycles. The van der Waals surface area contributed by atoms with E-state index in [0.717, 1.165) is 0 Å². The Morgan fingerprint density at radius 1 is 1.00 bits per heavy atom. The Balaban J connectivity index is 3.29. The lowest BCUT2D eigenvalue weighted by Crippen LogP contribution is -2.28. The van der Waals surface area contributed by atoms with Crippen LogP contribution in [0.2, 0.25) is 0 Å². The van der Waals surface area contributed by atoms with Gasteiger partial charge in [-0.05, 0) is 0 Å². The lowest BCUT2D eigenvalue weighted by atomic mass is 10.3. The predicted octanol–water partition coefficient (Wildman–Crippen LogP) is 0.578. The van der Waals surface area contributed by atoms with Gasteiger partial charge in [0, 0.05) is 8.86 Å². The van der Waals surface area contributed by atoms with E-state index in [0.29, 0.717) is 8.86 Å². The molecule has 2 N–H and O–H groups in total. The SMILES string of the molecule is OC(CI)C(O)CI. The smallest absolute Gasteiger partial charge is 0.0895 e. The Hall–Kier alpha value is 1.38. The number of halogens is 2. The second kappa shape index (κ2) is 5.19. The molecule has 0 radical (unpaired) electrons. The number of hydrogen-bond donors (Lipinski definition) is 2. The van der Waals surface area contributed by atoms with Crippen molar-refractivity contribution < 1.29 is 10.2 Å². The summed E-state index contributed by atoms with van der Waals surface area (Å²) in [4.78, 5) is 0. The molecule has 4 heteroatoms. The molecule has 2 nitrogen and oxygen atoms in total. The zero-order chi connectivity index (χ0) is 6.57. The van der Waals surface area contributed by atoms with Gasteiger partial charge < -0.3 is 10.2 Å². The molecule has 0 saturated heterocycles. The van der Waals surface area contributed by atoms with Gasteiger partial charge in [-0.2, -0.15) is 0 Å². The summed E-state index contributed by atoms with van der Waals surface area (Å²) in [6.45, 7) is 0. The zero-order valence-corrected chi connectivity index (χ0v) is 8.53. The Morgan fingerprint density at radius 2 is 1.25 bits per heavy atom. The normalized spacial score (nSPS) is 18.0. The summed E-state index contributed by atoms with van der Waals surface area (Å²) in [6.07, 6.45) is -1.10. The molecule has 0 bridgehead atoms. The van der Waals surface area contributed by atoms with Crippen molar-refractivity contribution in [3.8, 4) is 0 Å². The summed E-state index contributed by atoms with van der Waals surface area (Å²) in [5.74, 6) is 0. The molecule has 0 heterocycles. The maximum atomic E-state index is 8.86. The van der Waals surface area contributed by atoms with Crippen molar-refractivity contribution in [1.82, 2.24) is 0 Å². The second-order valence-electron chi connectivity index (χ2n) is 1.44. The van der Waals surface area contributed by atoms with Crippen LogP contribution in [0.3, 0.4) is 0 Å². The van der Waals surface area contributed by atoms with E-state index >= 15 is 0 Å². The van der Waals surface area contributed by atoms with Gasteiger partial charge in [0.25, 0.3) is 0 Å². The van der Waals surface area contributed by atoms with Crippen molar-refractivity contribution in [2.24, 2.45) is 0 Å². The average molecular weight is 342 g/mol. The molecular weight excluding hydrogens is 334 g/mol. The molecule has 50 valence electrons. The van der Waals surface area contributed by atoms with Crippen LogP contribution >= 0.6 is 45.2 Å². The summed E-state index contributed by atoms with van der Waals surface area (Å²) >= 11 is 4.08. The first-order chi connectivity index (χ1) is 3.72. The van der Waals surface area contributed by atoms with E-state index in [1.807, 2.05) is 45.2 Å². The van der Waals surface area contributed by atoms with E-state index in [1.54, 1.807) is 0 Å². The Bertz CT molecular complexity index is 52.0. The first-order valence-corrected chi connectivity index (χ1v) is 5.25. The molecule has 0 rings (SSSR count). The molecule has 0 aliphatic rings. The third kappa shape index (κ3) is 3.41. The van der Waals surface area contributed by atoms with Gasteiger partial charge in [-0.25, -0.2) is 0 Å². The van der Waals surface area contributed by atoms with Crippen molar-refractivity contribution in [1.29, 1.82) is 0 Å². The van der Waals surface area contributed by atoms with E-state index < -0.39 is 12.2 Å². The van der Waals surface area contributed by atoms with Gasteiger partial charge in [-0.15, -0.1) is 0 Å². The molecule has 0 aliphatic carbocycles. The first kappa shape index (κ1) is 9.38. The van der Waals surface area contributed by atoms with Crippen LogP contribution in [-0.2, 0) is 0 Å². The van der Waals surface area contributed by atoms with E-state index in [-0.39, 0.29) is 0 Å². The minimum Gasteiger partial charge on any atom is -0.390 e. The quantitative estimate of drug-likeness (QED) is 0.582. The minimum atomic E-state index is -0.549. The molecule has 0 fully saturated rings. The highest BCUT2D eigenvalue weighted by Crippen LogP contribution is 2.00. The Morgan fingerprint density at radius 3 is 1.38 bits per heavy atom. The topological polar surface area (TPSA) is 40.5 Å². The van der Waals surface area contributed by atoms with Crippen LogP contribution in [0.15, 0.2) is 0 Å². The van der Waals surface area contributed by atoms with Crippen LogP contribution in [0.25, 0.3) is 0 Å². The van der Waals surface area contributed by atoms with Crippen LogP contribution < -0.4 is 0 Å². The van der Waals surface area contributed by atoms with Gasteiger partial charge in [0.15, 0.2) is 0 Å². The molecule has 0 aromatic carbocycles. The Labute approximate surface area is 75.9 Å². The molecule has 2 atom stereocenters. The van der Waals surface area contributed by atoms with Gasteiger partial charge in [0.2, 0.25) is 0 Å². The predicted molar refractivity (Wildman–Crippen MR) is 49.8 cm³/mol.